The van der Waals surface area contributed by atoms with Crippen LogP contribution in [0.25, 0.3) is 0 Å². The Labute approximate surface area is 94.3 Å². The van der Waals surface area contributed by atoms with Crippen LogP contribution in [0.15, 0.2) is 12.3 Å². The number of nitrogens with one attached hydrogen (secondary N) is 1. The van der Waals surface area contributed by atoms with Gasteiger partial charge in [0.2, 0.25) is 0 Å². The zero-order valence-corrected chi connectivity index (χ0v) is 9.31. The number of aromatic amines is 1. The Morgan fingerprint density at radius 3 is 2.73 bits per heavy atom. The maximum atomic E-state index is 9.07. The van der Waals surface area contributed by atoms with Crippen molar-refractivity contribution in [1.82, 2.24) is 4.98 Å². The quantitative estimate of drug-likeness (QED) is 0.738. The smallest absolute Gasteiger partial charge is 0.123 e. The van der Waals surface area contributed by atoms with Crippen LogP contribution in [0.3, 0.4) is 0 Å². The van der Waals surface area contributed by atoms with Gasteiger partial charge < -0.3 is 9.88 Å². The molecule has 2 heterocycles. The fraction of sp³-hybridized carbons (Fsp3) is 0.455. The normalized spacial score (nSPS) is 16.1. The number of hydrogen-bond donors (Lipinski definition) is 1. The second kappa shape index (κ2) is 4.45. The van der Waals surface area contributed by atoms with Crippen molar-refractivity contribution in [2.24, 2.45) is 0 Å². The summed E-state index contributed by atoms with van der Waals surface area (Å²) in [6.45, 7) is 2.07. The third kappa shape index (κ3) is 2.02. The molecule has 0 aromatic carbocycles. The lowest BCUT2D eigenvalue weighted by Crippen LogP contribution is -2.30. The van der Waals surface area contributed by atoms with Crippen molar-refractivity contribution in [3.05, 3.63) is 22.5 Å². The van der Waals surface area contributed by atoms with E-state index < -0.39 is 0 Å². The molecule has 3 nitrogen and oxygen atoms in total. The molecule has 0 spiro atoms. The topological polar surface area (TPSA) is 42.8 Å². The number of H-pyrrole nitrogens is 1. The van der Waals surface area contributed by atoms with E-state index in [1.807, 2.05) is 12.3 Å². The van der Waals surface area contributed by atoms with Crippen LogP contribution < -0.4 is 4.90 Å². The first-order chi connectivity index (χ1) is 7.33. The van der Waals surface area contributed by atoms with Crippen molar-refractivity contribution in [2.75, 3.05) is 18.0 Å². The standard InChI is InChI=1S/C11H13N3S/c12-8-9-10(4-5-13-11(9)15)14-6-2-1-3-7-14/h4-5H,1-3,6-7H2,(H,13,15). The van der Waals surface area contributed by atoms with E-state index in [1.54, 1.807) is 0 Å². The Morgan fingerprint density at radius 1 is 1.33 bits per heavy atom. The van der Waals surface area contributed by atoms with Crippen LogP contribution in [0.5, 0.6) is 0 Å². The second-order valence-electron chi connectivity index (χ2n) is 3.73. The lowest BCUT2D eigenvalue weighted by atomic mass is 10.1. The highest BCUT2D eigenvalue weighted by molar-refractivity contribution is 7.71. The van der Waals surface area contributed by atoms with Gasteiger partial charge in [0, 0.05) is 19.3 Å². The van der Waals surface area contributed by atoms with Gasteiger partial charge in [-0.05, 0) is 25.3 Å². The molecule has 1 saturated heterocycles. The summed E-state index contributed by atoms with van der Waals surface area (Å²) < 4.78 is 0.542. The van der Waals surface area contributed by atoms with Crippen LogP contribution in [-0.2, 0) is 0 Å². The van der Waals surface area contributed by atoms with Crippen LogP contribution in [-0.4, -0.2) is 18.1 Å². The van der Waals surface area contributed by atoms with Crippen LogP contribution in [0.1, 0.15) is 24.8 Å². The first-order valence-corrected chi connectivity index (χ1v) is 5.60. The zero-order chi connectivity index (χ0) is 10.7. The Hall–Kier alpha value is -1.34. The molecule has 1 fully saturated rings. The number of nitriles is 1. The van der Waals surface area contributed by atoms with E-state index in [0.717, 1.165) is 18.8 Å². The van der Waals surface area contributed by atoms with Crippen molar-refractivity contribution >= 4 is 17.9 Å². The molecular formula is C11H13N3S. The monoisotopic (exact) mass is 219 g/mol. The molecule has 0 bridgehead atoms. The maximum Gasteiger partial charge on any atom is 0.123 e. The SMILES string of the molecule is N#Cc1c(N2CCCCC2)cc[nH]c1=S. The maximum absolute atomic E-state index is 9.07. The van der Waals surface area contributed by atoms with E-state index in [1.165, 1.54) is 19.3 Å². The Kier molecular flexibility index (Phi) is 3.02. The van der Waals surface area contributed by atoms with Gasteiger partial charge in [0.25, 0.3) is 0 Å². The van der Waals surface area contributed by atoms with E-state index in [-0.39, 0.29) is 0 Å². The molecule has 0 amide bonds. The van der Waals surface area contributed by atoms with Crippen LogP contribution in [0.2, 0.25) is 0 Å². The van der Waals surface area contributed by atoms with Gasteiger partial charge in [0.15, 0.2) is 0 Å². The summed E-state index contributed by atoms with van der Waals surface area (Å²) in [5.74, 6) is 0. The molecule has 0 radical (unpaired) electrons. The molecule has 0 atom stereocenters. The number of pyridine rings is 1. The molecule has 1 aromatic rings. The Balaban J connectivity index is 2.39. The molecule has 1 N–H and O–H groups in total. The minimum absolute atomic E-state index is 0.542. The number of piperidine rings is 1. The van der Waals surface area contributed by atoms with Crippen molar-refractivity contribution in [1.29, 1.82) is 5.26 Å². The molecule has 1 aliphatic rings. The molecule has 0 saturated carbocycles. The third-order valence-electron chi connectivity index (χ3n) is 2.75. The minimum atomic E-state index is 0.542. The van der Waals surface area contributed by atoms with E-state index in [0.29, 0.717) is 10.2 Å². The van der Waals surface area contributed by atoms with Gasteiger partial charge in [-0.3, -0.25) is 0 Å². The molecular weight excluding hydrogens is 206 g/mol. The number of anilines is 1. The number of hydrogen-bond acceptors (Lipinski definition) is 3. The molecule has 1 aliphatic heterocycles. The Bertz CT molecular complexity index is 438. The third-order valence-corrected chi connectivity index (χ3v) is 3.07. The van der Waals surface area contributed by atoms with Crippen molar-refractivity contribution in [3.63, 3.8) is 0 Å². The number of nitrogens with zero attached hydrogens (tertiary/aromatic N) is 2. The minimum Gasteiger partial charge on any atom is -0.370 e. The highest BCUT2D eigenvalue weighted by Crippen LogP contribution is 2.23. The molecule has 0 aliphatic carbocycles. The van der Waals surface area contributed by atoms with Gasteiger partial charge in [0.1, 0.15) is 16.3 Å². The molecule has 78 valence electrons. The van der Waals surface area contributed by atoms with E-state index in [2.05, 4.69) is 16.0 Å². The van der Waals surface area contributed by atoms with E-state index in [9.17, 15) is 0 Å². The van der Waals surface area contributed by atoms with E-state index in [4.69, 9.17) is 17.5 Å². The van der Waals surface area contributed by atoms with E-state index >= 15 is 0 Å². The van der Waals surface area contributed by atoms with Crippen LogP contribution in [0.4, 0.5) is 5.69 Å². The second-order valence-corrected chi connectivity index (χ2v) is 4.13. The summed E-state index contributed by atoms with van der Waals surface area (Å²) in [4.78, 5) is 5.15. The Morgan fingerprint density at radius 2 is 2.07 bits per heavy atom. The largest absolute Gasteiger partial charge is 0.370 e. The molecule has 1 aromatic heterocycles. The lowest BCUT2D eigenvalue weighted by molar-refractivity contribution is 0.577. The summed E-state index contributed by atoms with van der Waals surface area (Å²) in [5.41, 5.74) is 1.59. The van der Waals surface area contributed by atoms with Crippen molar-refractivity contribution < 1.29 is 0 Å². The van der Waals surface area contributed by atoms with Gasteiger partial charge in [-0.1, -0.05) is 12.2 Å². The predicted octanol–water partition coefficient (Wildman–Crippen LogP) is 2.61. The molecule has 2 rings (SSSR count). The average molecular weight is 219 g/mol. The molecule has 4 heteroatoms. The van der Waals surface area contributed by atoms with Gasteiger partial charge in [0.05, 0.1) is 5.69 Å². The van der Waals surface area contributed by atoms with Gasteiger partial charge in [-0.2, -0.15) is 5.26 Å². The fourth-order valence-corrected chi connectivity index (χ4v) is 2.19. The summed E-state index contributed by atoms with van der Waals surface area (Å²) in [6, 6.07) is 4.13. The van der Waals surface area contributed by atoms with Crippen LogP contribution >= 0.6 is 12.2 Å². The van der Waals surface area contributed by atoms with Gasteiger partial charge >= 0.3 is 0 Å². The zero-order valence-electron chi connectivity index (χ0n) is 8.49. The van der Waals surface area contributed by atoms with Crippen molar-refractivity contribution in [3.8, 4) is 6.07 Å². The first-order valence-electron chi connectivity index (χ1n) is 5.19. The number of aromatic nitrogens is 1. The van der Waals surface area contributed by atoms with Gasteiger partial charge in [-0.15, -0.1) is 0 Å². The average Bonchev–Trinajstić information content (AvgIpc) is 2.30. The predicted molar refractivity (Wildman–Crippen MR) is 62.4 cm³/mol. The summed E-state index contributed by atoms with van der Waals surface area (Å²) in [6.07, 6.45) is 5.51. The molecule has 0 unspecified atom stereocenters. The summed E-state index contributed by atoms with van der Waals surface area (Å²) in [5, 5.41) is 9.07. The highest BCUT2D eigenvalue weighted by atomic mass is 32.1. The fourth-order valence-electron chi connectivity index (χ4n) is 1.97. The van der Waals surface area contributed by atoms with Crippen LogP contribution in [0, 0.1) is 16.0 Å². The number of rotatable bonds is 1. The first kappa shape index (κ1) is 10.2. The van der Waals surface area contributed by atoms with Gasteiger partial charge in [-0.25, -0.2) is 0 Å². The van der Waals surface area contributed by atoms with Crippen molar-refractivity contribution in [2.45, 2.75) is 19.3 Å². The molecule has 15 heavy (non-hydrogen) atoms. The summed E-state index contributed by atoms with van der Waals surface area (Å²) in [7, 11) is 0. The highest BCUT2D eigenvalue weighted by Gasteiger charge is 2.14. The lowest BCUT2D eigenvalue weighted by Gasteiger charge is -2.29. The summed E-state index contributed by atoms with van der Waals surface area (Å²) >= 11 is 5.10.